The van der Waals surface area contributed by atoms with E-state index in [9.17, 15) is 19.6 Å². The van der Waals surface area contributed by atoms with E-state index in [4.69, 9.17) is 11.6 Å². The summed E-state index contributed by atoms with van der Waals surface area (Å²) in [7, 11) is 0. The highest BCUT2D eigenvalue weighted by molar-refractivity contribution is 6.30. The third kappa shape index (κ3) is 5.58. The molecule has 1 saturated heterocycles. The molecule has 0 bridgehead atoms. The van der Waals surface area contributed by atoms with Crippen LogP contribution in [0.3, 0.4) is 0 Å². The van der Waals surface area contributed by atoms with Crippen LogP contribution in [0.4, 0.5) is 0 Å². The highest BCUT2D eigenvalue weighted by atomic mass is 35.5. The van der Waals surface area contributed by atoms with Crippen LogP contribution in [0.1, 0.15) is 56.1 Å². The van der Waals surface area contributed by atoms with Gasteiger partial charge in [0, 0.05) is 35.9 Å². The van der Waals surface area contributed by atoms with E-state index in [1.807, 2.05) is 24.3 Å². The van der Waals surface area contributed by atoms with Crippen LogP contribution in [0.5, 0.6) is 0 Å². The first-order chi connectivity index (χ1) is 15.4. The lowest BCUT2D eigenvalue weighted by molar-refractivity contribution is -0.128. The van der Waals surface area contributed by atoms with E-state index in [0.29, 0.717) is 42.3 Å². The quantitative estimate of drug-likeness (QED) is 0.596. The van der Waals surface area contributed by atoms with Gasteiger partial charge >= 0.3 is 0 Å². The predicted molar refractivity (Wildman–Crippen MR) is 121 cm³/mol. The maximum Gasteiger partial charge on any atom is 0.248 e. The summed E-state index contributed by atoms with van der Waals surface area (Å²) in [5, 5.41) is 16.0. The van der Waals surface area contributed by atoms with Gasteiger partial charge in [0.15, 0.2) is 5.78 Å². The summed E-state index contributed by atoms with van der Waals surface area (Å²) in [6, 6.07) is 7.18. The van der Waals surface area contributed by atoms with Crippen LogP contribution in [0.15, 0.2) is 23.8 Å². The Kier molecular flexibility index (Phi) is 6.95. The Morgan fingerprint density at radius 3 is 2.78 bits per heavy atom. The molecule has 168 valence electrons. The minimum absolute atomic E-state index is 0.0281. The van der Waals surface area contributed by atoms with E-state index >= 15 is 0 Å². The van der Waals surface area contributed by atoms with Gasteiger partial charge in [-0.05, 0) is 60.9 Å². The molecule has 1 heterocycles. The average Bonchev–Trinajstić information content (AvgIpc) is 3.49. The van der Waals surface area contributed by atoms with Crippen LogP contribution in [0.25, 0.3) is 6.08 Å². The fourth-order valence-electron chi connectivity index (χ4n) is 4.63. The molecular weight excluding hydrogens is 426 g/mol. The van der Waals surface area contributed by atoms with E-state index in [2.05, 4.69) is 16.7 Å². The summed E-state index contributed by atoms with van der Waals surface area (Å²) in [5.74, 6) is -0.676. The third-order valence-corrected chi connectivity index (χ3v) is 6.90. The van der Waals surface area contributed by atoms with Gasteiger partial charge in [-0.2, -0.15) is 5.26 Å². The molecule has 2 aliphatic carbocycles. The summed E-state index contributed by atoms with van der Waals surface area (Å²) >= 11 is 6.06. The molecule has 2 amide bonds. The van der Waals surface area contributed by atoms with Crippen molar-refractivity contribution in [3.8, 4) is 6.07 Å². The number of carbonyl (C=O) groups excluding carboxylic acids is 3. The van der Waals surface area contributed by atoms with Gasteiger partial charge in [0.2, 0.25) is 11.8 Å². The monoisotopic (exact) mass is 453 g/mol. The van der Waals surface area contributed by atoms with Crippen LogP contribution < -0.4 is 10.6 Å². The molecule has 1 aliphatic heterocycles. The van der Waals surface area contributed by atoms with E-state index < -0.39 is 12.0 Å². The van der Waals surface area contributed by atoms with Crippen molar-refractivity contribution in [1.82, 2.24) is 10.6 Å². The summed E-state index contributed by atoms with van der Waals surface area (Å²) < 4.78 is 0. The lowest BCUT2D eigenvalue weighted by Gasteiger charge is -2.24. The van der Waals surface area contributed by atoms with E-state index in [1.165, 1.54) is 0 Å². The Hall–Kier alpha value is -2.65. The lowest BCUT2D eigenvalue weighted by Crippen LogP contribution is -2.43. The van der Waals surface area contributed by atoms with Crippen LogP contribution in [-0.2, 0) is 20.8 Å². The Balaban J connectivity index is 1.38. The van der Waals surface area contributed by atoms with Crippen LogP contribution >= 0.6 is 11.6 Å². The van der Waals surface area contributed by atoms with E-state index in [-0.39, 0.29) is 29.9 Å². The maximum absolute atomic E-state index is 13.1. The Morgan fingerprint density at radius 1 is 1.25 bits per heavy atom. The molecule has 32 heavy (non-hydrogen) atoms. The Bertz CT molecular complexity index is 993. The van der Waals surface area contributed by atoms with Crippen LogP contribution in [0.2, 0.25) is 5.02 Å². The second-order valence-corrected chi connectivity index (χ2v) is 9.69. The van der Waals surface area contributed by atoms with Gasteiger partial charge in [0.1, 0.15) is 0 Å². The molecule has 6 nitrogen and oxygen atoms in total. The number of benzene rings is 1. The van der Waals surface area contributed by atoms with Crippen molar-refractivity contribution < 1.29 is 14.4 Å². The topological polar surface area (TPSA) is 99.1 Å². The first kappa shape index (κ1) is 22.5. The number of nitrogens with zero attached hydrogens (tertiary/aromatic N) is 1. The number of Topliss-reactive ketones (excluding diaryl/α,β-unsaturated/α-hetero) is 1. The highest BCUT2D eigenvalue weighted by Crippen LogP contribution is 2.35. The summed E-state index contributed by atoms with van der Waals surface area (Å²) in [5.41, 5.74) is 2.59. The molecule has 3 atom stereocenters. The van der Waals surface area contributed by atoms with Crippen molar-refractivity contribution >= 4 is 35.3 Å². The number of hydrogen-bond acceptors (Lipinski definition) is 4. The molecule has 1 aromatic rings. The molecule has 1 aromatic carbocycles. The van der Waals surface area contributed by atoms with Crippen molar-refractivity contribution in [2.75, 3.05) is 6.54 Å². The van der Waals surface area contributed by atoms with Gasteiger partial charge in [-0.15, -0.1) is 0 Å². The number of ketones is 1. The van der Waals surface area contributed by atoms with Crippen LogP contribution in [0, 0.1) is 29.1 Å². The molecule has 1 saturated carbocycles. The van der Waals surface area contributed by atoms with Crippen molar-refractivity contribution in [1.29, 1.82) is 5.26 Å². The molecule has 2 fully saturated rings. The molecule has 2 N–H and O–H groups in total. The number of amides is 2. The Morgan fingerprint density at radius 2 is 2.06 bits per heavy atom. The van der Waals surface area contributed by atoms with E-state index in [1.54, 1.807) is 0 Å². The first-order valence-corrected chi connectivity index (χ1v) is 11.8. The number of hydrogen-bond donors (Lipinski definition) is 2. The predicted octanol–water partition coefficient (Wildman–Crippen LogP) is 3.58. The first-order valence-electron chi connectivity index (χ1n) is 11.4. The molecule has 0 radical (unpaired) electrons. The largest absolute Gasteiger partial charge is 0.356 e. The zero-order valence-corrected chi connectivity index (χ0v) is 18.8. The zero-order chi connectivity index (χ0) is 22.7. The Labute approximate surface area is 193 Å². The lowest BCUT2D eigenvalue weighted by atomic mass is 9.85. The SMILES string of the molecule is N#CC(CC(=O)C(CC1CC1)NC(=O)C1=Cc2cc(Cl)ccc2C1)CC1CCCNC1=O. The van der Waals surface area contributed by atoms with Gasteiger partial charge < -0.3 is 10.6 Å². The molecular formula is C25H28ClN3O3. The highest BCUT2D eigenvalue weighted by Gasteiger charge is 2.33. The van der Waals surface area contributed by atoms with Crippen molar-refractivity contribution in [2.24, 2.45) is 17.8 Å². The van der Waals surface area contributed by atoms with Gasteiger partial charge in [0.25, 0.3) is 0 Å². The second kappa shape index (κ2) is 9.87. The number of nitrogens with one attached hydrogen (secondary N) is 2. The van der Waals surface area contributed by atoms with E-state index in [0.717, 1.165) is 36.8 Å². The third-order valence-electron chi connectivity index (χ3n) is 6.67. The van der Waals surface area contributed by atoms with Crippen molar-refractivity contribution in [3.63, 3.8) is 0 Å². The summed E-state index contributed by atoms with van der Waals surface area (Å²) in [6.45, 7) is 0.674. The molecule has 7 heteroatoms. The maximum atomic E-state index is 13.1. The number of rotatable bonds is 9. The number of fused-ring (bicyclic) bond motifs is 1. The standard InChI is InChI=1S/C25H28ClN3O3/c26-21-6-5-17-11-20(12-19(17)13-21)25(32)29-22(9-15-3-4-15)23(30)10-16(14-27)8-18-2-1-7-28-24(18)31/h5-6,12-13,15-16,18,22H,1-4,7-11H2,(H,28,31)(H,29,32). The zero-order valence-electron chi connectivity index (χ0n) is 18.0. The molecule has 0 spiro atoms. The normalized spacial score (nSPS) is 21.6. The van der Waals surface area contributed by atoms with Crippen LogP contribution in [-0.4, -0.2) is 30.2 Å². The fraction of sp³-hybridized carbons (Fsp3) is 0.520. The smallest absolute Gasteiger partial charge is 0.248 e. The minimum Gasteiger partial charge on any atom is -0.356 e. The number of carbonyl (C=O) groups is 3. The molecule has 3 aliphatic rings. The second-order valence-electron chi connectivity index (χ2n) is 9.26. The van der Waals surface area contributed by atoms with Crippen molar-refractivity contribution in [2.45, 2.75) is 57.4 Å². The van der Waals surface area contributed by atoms with Gasteiger partial charge in [-0.3, -0.25) is 14.4 Å². The number of piperidine rings is 1. The van der Waals surface area contributed by atoms with Crippen molar-refractivity contribution in [3.05, 3.63) is 39.9 Å². The average molecular weight is 454 g/mol. The fourth-order valence-corrected chi connectivity index (χ4v) is 4.81. The van der Waals surface area contributed by atoms with Gasteiger partial charge in [-0.1, -0.05) is 30.5 Å². The molecule has 0 aromatic heterocycles. The van der Waals surface area contributed by atoms with Gasteiger partial charge in [0.05, 0.1) is 18.0 Å². The van der Waals surface area contributed by atoms with Gasteiger partial charge in [-0.25, -0.2) is 0 Å². The number of nitriles is 1. The summed E-state index contributed by atoms with van der Waals surface area (Å²) in [4.78, 5) is 38.1. The minimum atomic E-state index is -0.598. The molecule has 3 unspecified atom stereocenters. The summed E-state index contributed by atoms with van der Waals surface area (Å²) in [6.07, 6.45) is 7.18. The number of halogens is 1. The molecule has 4 rings (SSSR count).